The number of aliphatic carboxylic acids is 1. The zero-order chi connectivity index (χ0) is 16.4. The standard InChI is InChI=1S/C13H20N4O5/c1-12(2,3)22-11(20)15-13(10(18)19)4-5-17(7-13)6-9-14-8-21-16-9/h8H,4-7H2,1-3H3,(H,15,20)(H,18,19). The third-order valence-electron chi connectivity index (χ3n) is 3.27. The number of nitrogens with zero attached hydrogens (tertiary/aromatic N) is 3. The summed E-state index contributed by atoms with van der Waals surface area (Å²) in [5.41, 5.74) is -2.06. The van der Waals surface area contributed by atoms with Gasteiger partial charge in [0, 0.05) is 13.1 Å². The molecule has 2 rings (SSSR count). The number of hydrogen-bond acceptors (Lipinski definition) is 7. The van der Waals surface area contributed by atoms with Crippen LogP contribution in [0, 0.1) is 0 Å². The zero-order valence-electron chi connectivity index (χ0n) is 12.8. The SMILES string of the molecule is CC(C)(C)OC(=O)NC1(C(=O)O)CCN(Cc2ncon2)C1. The number of carboxylic acid groups (broad SMARTS) is 1. The van der Waals surface area contributed by atoms with Gasteiger partial charge in [-0.1, -0.05) is 5.16 Å². The fourth-order valence-electron chi connectivity index (χ4n) is 2.31. The molecule has 1 saturated heterocycles. The van der Waals surface area contributed by atoms with Gasteiger partial charge in [-0.05, 0) is 27.2 Å². The van der Waals surface area contributed by atoms with Gasteiger partial charge in [0.25, 0.3) is 0 Å². The van der Waals surface area contributed by atoms with Crippen LogP contribution in [0.3, 0.4) is 0 Å². The predicted molar refractivity (Wildman–Crippen MR) is 73.9 cm³/mol. The number of nitrogens with one attached hydrogen (secondary N) is 1. The number of carbonyl (C=O) groups excluding carboxylic acids is 1. The summed E-state index contributed by atoms with van der Waals surface area (Å²) >= 11 is 0. The van der Waals surface area contributed by atoms with E-state index in [2.05, 4.69) is 20.0 Å². The Labute approximate surface area is 127 Å². The second kappa shape index (κ2) is 5.91. The van der Waals surface area contributed by atoms with Crippen molar-refractivity contribution in [2.24, 2.45) is 0 Å². The Hall–Kier alpha value is -2.16. The third-order valence-corrected chi connectivity index (χ3v) is 3.27. The summed E-state index contributed by atoms with van der Waals surface area (Å²) in [7, 11) is 0. The molecule has 0 spiro atoms. The monoisotopic (exact) mass is 312 g/mol. The molecule has 0 radical (unpaired) electrons. The number of ether oxygens (including phenoxy) is 1. The highest BCUT2D eigenvalue weighted by Gasteiger charge is 2.47. The van der Waals surface area contributed by atoms with Crippen LogP contribution in [0.15, 0.2) is 10.9 Å². The van der Waals surface area contributed by atoms with Crippen LogP contribution in [0.25, 0.3) is 0 Å². The number of alkyl carbamates (subject to hydrolysis) is 1. The molecule has 122 valence electrons. The number of carboxylic acids is 1. The normalized spacial score (nSPS) is 22.5. The largest absolute Gasteiger partial charge is 0.479 e. The number of rotatable bonds is 4. The van der Waals surface area contributed by atoms with Gasteiger partial charge in [0.2, 0.25) is 6.39 Å². The summed E-state index contributed by atoms with van der Waals surface area (Å²) in [5.74, 6) is -0.618. The lowest BCUT2D eigenvalue weighted by atomic mass is 9.99. The molecule has 9 nitrogen and oxygen atoms in total. The topological polar surface area (TPSA) is 118 Å². The minimum atomic E-state index is -1.37. The van der Waals surface area contributed by atoms with Crippen LogP contribution in [0.5, 0.6) is 0 Å². The Morgan fingerprint density at radius 2 is 2.27 bits per heavy atom. The van der Waals surface area contributed by atoms with Crippen molar-refractivity contribution >= 4 is 12.1 Å². The lowest BCUT2D eigenvalue weighted by molar-refractivity contribution is -0.144. The quantitative estimate of drug-likeness (QED) is 0.831. The van der Waals surface area contributed by atoms with Gasteiger partial charge in [-0.15, -0.1) is 0 Å². The van der Waals surface area contributed by atoms with E-state index >= 15 is 0 Å². The van der Waals surface area contributed by atoms with Crippen LogP contribution in [0.2, 0.25) is 0 Å². The molecule has 0 bridgehead atoms. The molecule has 1 aromatic rings. The van der Waals surface area contributed by atoms with Gasteiger partial charge in [-0.25, -0.2) is 9.59 Å². The zero-order valence-corrected chi connectivity index (χ0v) is 12.8. The van der Waals surface area contributed by atoms with Crippen molar-refractivity contribution in [2.75, 3.05) is 13.1 Å². The van der Waals surface area contributed by atoms with Crippen molar-refractivity contribution in [3.63, 3.8) is 0 Å². The predicted octanol–water partition coefficient (Wildman–Crippen LogP) is 0.623. The van der Waals surface area contributed by atoms with Gasteiger partial charge in [-0.3, -0.25) is 4.90 Å². The van der Waals surface area contributed by atoms with Crippen LogP contribution >= 0.6 is 0 Å². The summed E-state index contributed by atoms with van der Waals surface area (Å²) in [6.07, 6.45) is 0.755. The molecule has 22 heavy (non-hydrogen) atoms. The average Bonchev–Trinajstić information content (AvgIpc) is 2.98. The van der Waals surface area contributed by atoms with Gasteiger partial charge in [0.1, 0.15) is 5.60 Å². The van der Waals surface area contributed by atoms with Crippen molar-refractivity contribution in [2.45, 2.75) is 44.9 Å². The van der Waals surface area contributed by atoms with Crippen molar-refractivity contribution in [3.05, 3.63) is 12.2 Å². The molecule has 0 aliphatic carbocycles. The smallest absolute Gasteiger partial charge is 0.408 e. The lowest BCUT2D eigenvalue weighted by Crippen LogP contribution is -2.57. The molecule has 1 aliphatic rings. The van der Waals surface area contributed by atoms with E-state index in [4.69, 9.17) is 4.74 Å². The number of carbonyl (C=O) groups is 2. The number of amides is 1. The molecular weight excluding hydrogens is 292 g/mol. The van der Waals surface area contributed by atoms with Gasteiger partial charge < -0.3 is 19.7 Å². The van der Waals surface area contributed by atoms with E-state index in [0.717, 1.165) is 0 Å². The van der Waals surface area contributed by atoms with Crippen LogP contribution in [-0.2, 0) is 16.1 Å². The van der Waals surface area contributed by atoms with Crippen molar-refractivity contribution in [1.29, 1.82) is 0 Å². The molecule has 9 heteroatoms. The van der Waals surface area contributed by atoms with Crippen molar-refractivity contribution in [3.8, 4) is 0 Å². The van der Waals surface area contributed by atoms with E-state index in [9.17, 15) is 14.7 Å². The summed E-state index contributed by atoms with van der Waals surface area (Å²) in [6, 6.07) is 0. The van der Waals surface area contributed by atoms with Gasteiger partial charge >= 0.3 is 12.1 Å². The Bertz CT molecular complexity index is 539. The lowest BCUT2D eigenvalue weighted by Gasteiger charge is -2.28. The summed E-state index contributed by atoms with van der Waals surface area (Å²) in [4.78, 5) is 29.3. The molecule has 2 N–H and O–H groups in total. The van der Waals surface area contributed by atoms with E-state index in [0.29, 0.717) is 18.9 Å². The minimum absolute atomic E-state index is 0.149. The number of hydrogen-bond donors (Lipinski definition) is 2. The molecule has 2 heterocycles. The first-order valence-electron chi connectivity index (χ1n) is 6.92. The van der Waals surface area contributed by atoms with Gasteiger partial charge in [-0.2, -0.15) is 4.98 Å². The Balaban J connectivity index is 2.01. The molecule has 1 unspecified atom stereocenters. The Morgan fingerprint density at radius 1 is 1.55 bits per heavy atom. The minimum Gasteiger partial charge on any atom is -0.479 e. The molecule has 1 aliphatic heterocycles. The summed E-state index contributed by atoms with van der Waals surface area (Å²) in [5, 5.41) is 15.7. The Kier molecular flexibility index (Phi) is 4.36. The first-order chi connectivity index (χ1) is 10.2. The highest BCUT2D eigenvalue weighted by atomic mass is 16.6. The Morgan fingerprint density at radius 3 is 2.82 bits per heavy atom. The first-order valence-corrected chi connectivity index (χ1v) is 6.92. The number of likely N-dealkylation sites (tertiary alicyclic amines) is 1. The molecule has 0 saturated carbocycles. The van der Waals surface area contributed by atoms with Crippen molar-refractivity contribution in [1.82, 2.24) is 20.4 Å². The van der Waals surface area contributed by atoms with E-state index in [1.54, 1.807) is 20.8 Å². The number of aromatic nitrogens is 2. The van der Waals surface area contributed by atoms with Gasteiger partial charge in [0.15, 0.2) is 11.4 Å². The van der Waals surface area contributed by atoms with Crippen LogP contribution in [0.1, 0.15) is 33.0 Å². The fraction of sp³-hybridized carbons (Fsp3) is 0.692. The van der Waals surface area contributed by atoms with Gasteiger partial charge in [0.05, 0.1) is 6.54 Å². The second-order valence-corrected chi connectivity index (χ2v) is 6.32. The third kappa shape index (κ3) is 3.94. The second-order valence-electron chi connectivity index (χ2n) is 6.32. The molecule has 1 atom stereocenters. The molecule has 1 aromatic heterocycles. The first kappa shape index (κ1) is 16.2. The molecule has 1 amide bonds. The summed E-state index contributed by atoms with van der Waals surface area (Å²) < 4.78 is 9.79. The van der Waals surface area contributed by atoms with E-state index in [1.807, 2.05) is 4.90 Å². The summed E-state index contributed by atoms with van der Waals surface area (Å²) in [6.45, 7) is 6.17. The maximum atomic E-state index is 11.9. The average molecular weight is 312 g/mol. The maximum absolute atomic E-state index is 11.9. The van der Waals surface area contributed by atoms with E-state index in [1.165, 1.54) is 6.39 Å². The van der Waals surface area contributed by atoms with E-state index in [-0.39, 0.29) is 13.0 Å². The molecular formula is C13H20N4O5. The fourth-order valence-corrected chi connectivity index (χ4v) is 2.31. The van der Waals surface area contributed by atoms with E-state index < -0.39 is 23.2 Å². The molecule has 0 aromatic carbocycles. The van der Waals surface area contributed by atoms with Crippen LogP contribution in [-0.4, -0.2) is 56.4 Å². The molecule has 1 fully saturated rings. The van der Waals surface area contributed by atoms with Crippen molar-refractivity contribution < 1.29 is 24.0 Å². The van der Waals surface area contributed by atoms with Crippen LogP contribution in [0.4, 0.5) is 4.79 Å². The maximum Gasteiger partial charge on any atom is 0.408 e. The highest BCUT2D eigenvalue weighted by molar-refractivity contribution is 5.85. The van der Waals surface area contributed by atoms with Crippen LogP contribution < -0.4 is 5.32 Å². The highest BCUT2D eigenvalue weighted by Crippen LogP contribution is 2.23.